The first-order valence-electron chi connectivity index (χ1n) is 33.4. The first-order chi connectivity index (χ1) is 38.2. The van der Waals surface area contributed by atoms with E-state index >= 15 is 0 Å². The highest BCUT2D eigenvalue weighted by Gasteiger charge is 2.44. The van der Waals surface area contributed by atoms with E-state index in [1.807, 2.05) is 0 Å². The minimum Gasteiger partial charge on any atom is -0.394 e. The monoisotopic (exact) mass is 1110 g/mol. The Kier molecular flexibility index (Phi) is 53.2. The lowest BCUT2D eigenvalue weighted by Gasteiger charge is -2.40. The van der Waals surface area contributed by atoms with Crippen LogP contribution in [0.3, 0.4) is 0 Å². The summed E-state index contributed by atoms with van der Waals surface area (Å²) in [6, 6.07) is -1.19. The van der Waals surface area contributed by atoms with Gasteiger partial charge in [-0.05, 0) is 64.2 Å². The van der Waals surface area contributed by atoms with Crippen molar-refractivity contribution >= 4 is 5.91 Å². The highest BCUT2D eigenvalue weighted by Crippen LogP contribution is 2.24. The molecule has 1 rings (SSSR count). The van der Waals surface area contributed by atoms with E-state index in [9.17, 15) is 40.5 Å². The van der Waals surface area contributed by atoms with Crippen LogP contribution in [-0.2, 0) is 14.3 Å². The van der Waals surface area contributed by atoms with Crippen LogP contribution >= 0.6 is 0 Å². The molecule has 9 atom stereocenters. The second-order valence-corrected chi connectivity index (χ2v) is 23.5. The molecule has 1 aliphatic heterocycles. The molecule has 0 aromatic carbocycles. The number of hydrogen-bond donors (Lipinski definition) is 8. The zero-order valence-electron chi connectivity index (χ0n) is 50.7. The van der Waals surface area contributed by atoms with Crippen LogP contribution in [0.15, 0.2) is 36.5 Å². The number of allylic oxidation sites excluding steroid dienone is 6. The molecule has 0 bridgehead atoms. The Labute approximate surface area is 479 Å². The Morgan fingerprint density at radius 2 is 0.769 bits per heavy atom. The van der Waals surface area contributed by atoms with E-state index in [0.717, 1.165) is 44.9 Å². The van der Waals surface area contributed by atoms with E-state index in [2.05, 4.69) is 55.6 Å². The van der Waals surface area contributed by atoms with Gasteiger partial charge in [0.25, 0.3) is 0 Å². The topological polar surface area (TPSA) is 189 Å². The zero-order chi connectivity index (χ0) is 56.8. The van der Waals surface area contributed by atoms with Gasteiger partial charge in [0.05, 0.1) is 25.4 Å². The van der Waals surface area contributed by atoms with Crippen LogP contribution in [0.25, 0.3) is 0 Å². The van der Waals surface area contributed by atoms with Gasteiger partial charge in [0.15, 0.2) is 6.29 Å². The van der Waals surface area contributed by atoms with Gasteiger partial charge in [-0.15, -0.1) is 0 Å². The van der Waals surface area contributed by atoms with Gasteiger partial charge in [-0.1, -0.05) is 288 Å². The number of amides is 1. The van der Waals surface area contributed by atoms with Gasteiger partial charge in [0.2, 0.25) is 5.91 Å². The third kappa shape index (κ3) is 43.1. The molecule has 0 aromatic rings. The summed E-state index contributed by atoms with van der Waals surface area (Å²) >= 11 is 0. The Morgan fingerprint density at radius 1 is 0.436 bits per heavy atom. The minimum atomic E-state index is -1.67. The molecule has 8 N–H and O–H groups in total. The van der Waals surface area contributed by atoms with Crippen molar-refractivity contribution in [2.24, 2.45) is 0 Å². The maximum Gasteiger partial charge on any atom is 0.249 e. The SMILES string of the molecule is CCCCCCCCCCCCCCCCCCCC/C=C/CC/C=C/CC/C=C/CCCC(O)C(O)C(COC1OC(CO)C(O)C(O)C1O)NC(=O)C(O)CCCCCCCCCCCCCCCCCCCCCC. The Balaban J connectivity index is 2.26. The average molecular weight is 1110 g/mol. The van der Waals surface area contributed by atoms with Gasteiger partial charge in [-0.25, -0.2) is 0 Å². The van der Waals surface area contributed by atoms with Crippen LogP contribution in [0, 0.1) is 0 Å². The molecular weight excluding hydrogens is 979 g/mol. The standard InChI is InChI=1S/C67H127NO10/c1-3-5-7-9-11-13-15-17-19-21-23-25-26-27-28-29-30-31-32-33-34-35-37-38-40-42-44-46-48-50-52-54-59(70)62(72)58(57-77-67-65(75)64(74)63(73)61(56-69)78-67)68-66(76)60(71)55-53-51-49-47-45-43-41-39-36-24-22-20-18-16-14-12-10-8-6-4-2/h33-34,38,40,46,48,58-65,67,69-75H,3-32,35-37,39,41-45,47,49-57H2,1-2H3,(H,68,76)/b34-33+,40-38+,48-46+. The van der Waals surface area contributed by atoms with Gasteiger partial charge in [0.1, 0.15) is 36.6 Å². The molecular formula is C67H127NO10. The summed E-state index contributed by atoms with van der Waals surface area (Å²) in [6.07, 6.45) is 59.4. The first-order valence-corrected chi connectivity index (χ1v) is 33.4. The molecule has 0 spiro atoms. The first kappa shape index (κ1) is 74.3. The second kappa shape index (κ2) is 55.8. The summed E-state index contributed by atoms with van der Waals surface area (Å²) < 4.78 is 11.2. The second-order valence-electron chi connectivity index (χ2n) is 23.5. The number of aliphatic hydroxyl groups is 7. The normalized spacial score (nSPS) is 19.6. The van der Waals surface area contributed by atoms with Crippen molar-refractivity contribution in [2.75, 3.05) is 13.2 Å². The predicted molar refractivity (Wildman–Crippen MR) is 325 cm³/mol. The molecule has 0 aromatic heterocycles. The van der Waals surface area contributed by atoms with E-state index in [1.165, 1.54) is 225 Å². The van der Waals surface area contributed by atoms with Gasteiger partial charge >= 0.3 is 0 Å². The lowest BCUT2D eigenvalue weighted by molar-refractivity contribution is -0.303. The highest BCUT2D eigenvalue weighted by atomic mass is 16.7. The van der Waals surface area contributed by atoms with E-state index < -0.39 is 74.2 Å². The van der Waals surface area contributed by atoms with Crippen molar-refractivity contribution < 1.29 is 50.0 Å². The largest absolute Gasteiger partial charge is 0.394 e. The van der Waals surface area contributed by atoms with Crippen molar-refractivity contribution in [3.8, 4) is 0 Å². The van der Waals surface area contributed by atoms with Crippen molar-refractivity contribution in [1.29, 1.82) is 0 Å². The van der Waals surface area contributed by atoms with E-state index in [0.29, 0.717) is 19.3 Å². The Hall–Kier alpha value is -1.67. The van der Waals surface area contributed by atoms with Gasteiger partial charge in [-0.3, -0.25) is 4.79 Å². The molecule has 0 radical (unpaired) electrons. The molecule has 0 saturated carbocycles. The lowest BCUT2D eigenvalue weighted by Crippen LogP contribution is -2.60. The molecule has 11 heteroatoms. The van der Waals surface area contributed by atoms with Gasteiger partial charge in [0, 0.05) is 0 Å². The number of nitrogens with one attached hydrogen (secondary N) is 1. The summed E-state index contributed by atoms with van der Waals surface area (Å²) in [7, 11) is 0. The smallest absolute Gasteiger partial charge is 0.249 e. The summed E-state index contributed by atoms with van der Waals surface area (Å²) in [5.41, 5.74) is 0. The number of unbranched alkanes of at least 4 members (excludes halogenated alkanes) is 40. The number of aliphatic hydroxyl groups excluding tert-OH is 7. The maximum atomic E-state index is 13.2. The summed E-state index contributed by atoms with van der Waals surface area (Å²) in [6.45, 7) is 3.48. The molecule has 78 heavy (non-hydrogen) atoms. The van der Waals surface area contributed by atoms with E-state index in [4.69, 9.17) is 9.47 Å². The Morgan fingerprint density at radius 3 is 1.14 bits per heavy atom. The van der Waals surface area contributed by atoms with Crippen molar-refractivity contribution in [1.82, 2.24) is 5.32 Å². The predicted octanol–water partition coefficient (Wildman–Crippen LogP) is 15.4. The fourth-order valence-electron chi connectivity index (χ4n) is 10.8. The molecule has 460 valence electrons. The summed E-state index contributed by atoms with van der Waals surface area (Å²) in [4.78, 5) is 13.2. The number of carbonyl (C=O) groups excluding carboxylic acids is 1. The molecule has 1 heterocycles. The Bertz CT molecular complexity index is 1360. The van der Waals surface area contributed by atoms with Crippen LogP contribution in [0.5, 0.6) is 0 Å². The fourth-order valence-corrected chi connectivity index (χ4v) is 10.8. The average Bonchev–Trinajstić information content (AvgIpc) is 3.46. The zero-order valence-corrected chi connectivity index (χ0v) is 50.7. The van der Waals surface area contributed by atoms with Crippen LogP contribution in [0.2, 0.25) is 0 Å². The number of carbonyl (C=O) groups is 1. The maximum absolute atomic E-state index is 13.2. The van der Waals surface area contributed by atoms with Crippen LogP contribution in [0.4, 0.5) is 0 Å². The summed E-state index contributed by atoms with van der Waals surface area (Å²) in [5, 5.41) is 76.3. The number of ether oxygens (including phenoxy) is 2. The molecule has 1 fully saturated rings. The minimum absolute atomic E-state index is 0.243. The quantitative estimate of drug-likeness (QED) is 0.0215. The van der Waals surface area contributed by atoms with Crippen LogP contribution < -0.4 is 5.32 Å². The van der Waals surface area contributed by atoms with Crippen molar-refractivity contribution in [3.05, 3.63) is 36.5 Å². The summed E-state index contributed by atoms with van der Waals surface area (Å²) in [5.74, 6) is -0.707. The molecule has 1 aliphatic rings. The molecule has 1 amide bonds. The van der Waals surface area contributed by atoms with Gasteiger partial charge in [-0.2, -0.15) is 0 Å². The van der Waals surface area contributed by atoms with E-state index in [-0.39, 0.29) is 12.8 Å². The van der Waals surface area contributed by atoms with E-state index in [1.54, 1.807) is 0 Å². The third-order valence-electron chi connectivity index (χ3n) is 16.2. The third-order valence-corrected chi connectivity index (χ3v) is 16.2. The lowest BCUT2D eigenvalue weighted by atomic mass is 9.98. The number of rotatable bonds is 58. The number of hydrogen-bond acceptors (Lipinski definition) is 10. The highest BCUT2D eigenvalue weighted by molar-refractivity contribution is 5.80. The van der Waals surface area contributed by atoms with Crippen LogP contribution in [-0.4, -0.2) is 110 Å². The van der Waals surface area contributed by atoms with Crippen molar-refractivity contribution in [2.45, 2.75) is 371 Å². The molecule has 11 nitrogen and oxygen atoms in total. The van der Waals surface area contributed by atoms with Crippen LogP contribution in [0.1, 0.15) is 316 Å². The van der Waals surface area contributed by atoms with Crippen molar-refractivity contribution in [3.63, 3.8) is 0 Å². The molecule has 0 aliphatic carbocycles. The molecule has 9 unspecified atom stereocenters. The molecule has 1 saturated heterocycles. The van der Waals surface area contributed by atoms with Gasteiger partial charge < -0.3 is 50.5 Å². The fraction of sp³-hybridized carbons (Fsp3) is 0.896.